The molecule has 26 heavy (non-hydrogen) atoms. The first-order valence-corrected chi connectivity index (χ1v) is 8.20. The Morgan fingerprint density at radius 1 is 1.00 bits per heavy atom. The molecule has 1 unspecified atom stereocenters. The van der Waals surface area contributed by atoms with Crippen molar-refractivity contribution in [2.24, 2.45) is 0 Å². The lowest BCUT2D eigenvalue weighted by Crippen LogP contribution is -2.10. The van der Waals surface area contributed by atoms with Gasteiger partial charge in [0.2, 0.25) is 5.95 Å². The van der Waals surface area contributed by atoms with Gasteiger partial charge in [-0.15, -0.1) is 5.10 Å². The molecule has 134 valence electrons. The second-order valence-corrected chi connectivity index (χ2v) is 5.63. The SMILES string of the molecule is COc1ccc(Nc2nncc(NC(C)c3ccccc3)n2)c(OC)c1. The quantitative estimate of drug-likeness (QED) is 0.670. The Morgan fingerprint density at radius 2 is 1.81 bits per heavy atom. The van der Waals surface area contributed by atoms with Crippen molar-refractivity contribution in [3.8, 4) is 11.5 Å². The van der Waals surface area contributed by atoms with Gasteiger partial charge in [-0.25, -0.2) is 0 Å². The summed E-state index contributed by atoms with van der Waals surface area (Å²) in [4.78, 5) is 4.47. The summed E-state index contributed by atoms with van der Waals surface area (Å²) < 4.78 is 10.6. The summed E-state index contributed by atoms with van der Waals surface area (Å²) in [7, 11) is 3.20. The van der Waals surface area contributed by atoms with Crippen LogP contribution < -0.4 is 20.1 Å². The first-order valence-electron chi connectivity index (χ1n) is 8.20. The second kappa shape index (κ2) is 8.15. The number of ether oxygens (including phenoxy) is 2. The minimum Gasteiger partial charge on any atom is -0.497 e. The van der Waals surface area contributed by atoms with Crippen LogP contribution in [-0.4, -0.2) is 29.4 Å². The van der Waals surface area contributed by atoms with Gasteiger partial charge < -0.3 is 20.1 Å². The number of nitrogens with zero attached hydrogens (tertiary/aromatic N) is 3. The Balaban J connectivity index is 1.75. The van der Waals surface area contributed by atoms with Gasteiger partial charge in [0.1, 0.15) is 11.5 Å². The molecule has 0 aliphatic rings. The van der Waals surface area contributed by atoms with Crippen molar-refractivity contribution in [3.63, 3.8) is 0 Å². The molecule has 1 heterocycles. The highest BCUT2D eigenvalue weighted by Crippen LogP contribution is 2.30. The number of anilines is 3. The average molecular weight is 351 g/mol. The Kier molecular flexibility index (Phi) is 5.48. The molecule has 0 fully saturated rings. The zero-order chi connectivity index (χ0) is 18.4. The van der Waals surface area contributed by atoms with Gasteiger partial charge in [0.25, 0.3) is 0 Å². The number of aromatic nitrogens is 3. The molecule has 7 nitrogen and oxygen atoms in total. The fourth-order valence-corrected chi connectivity index (χ4v) is 2.50. The van der Waals surface area contributed by atoms with Gasteiger partial charge in [0, 0.05) is 12.1 Å². The smallest absolute Gasteiger partial charge is 0.249 e. The topological polar surface area (TPSA) is 81.2 Å². The molecule has 7 heteroatoms. The maximum absolute atomic E-state index is 5.38. The molecular formula is C19H21N5O2. The van der Waals surface area contributed by atoms with Crippen molar-refractivity contribution in [3.05, 3.63) is 60.3 Å². The molecule has 3 aromatic rings. The normalized spacial score (nSPS) is 11.5. The van der Waals surface area contributed by atoms with Crippen molar-refractivity contribution >= 4 is 17.5 Å². The minimum atomic E-state index is 0.0938. The van der Waals surface area contributed by atoms with E-state index in [-0.39, 0.29) is 6.04 Å². The average Bonchev–Trinajstić information content (AvgIpc) is 2.69. The van der Waals surface area contributed by atoms with Crippen LogP contribution in [0.1, 0.15) is 18.5 Å². The van der Waals surface area contributed by atoms with Crippen LogP contribution >= 0.6 is 0 Å². The number of hydrogen-bond acceptors (Lipinski definition) is 7. The van der Waals surface area contributed by atoms with Crippen molar-refractivity contribution in [2.45, 2.75) is 13.0 Å². The Bertz CT molecular complexity index is 858. The Morgan fingerprint density at radius 3 is 2.54 bits per heavy atom. The molecule has 0 aliphatic heterocycles. The molecule has 2 aromatic carbocycles. The third kappa shape index (κ3) is 4.18. The molecule has 0 bridgehead atoms. The number of benzene rings is 2. The van der Waals surface area contributed by atoms with E-state index in [2.05, 4.69) is 44.9 Å². The molecule has 0 saturated heterocycles. The second-order valence-electron chi connectivity index (χ2n) is 5.63. The first kappa shape index (κ1) is 17.5. The number of rotatable bonds is 7. The monoisotopic (exact) mass is 351 g/mol. The van der Waals surface area contributed by atoms with E-state index >= 15 is 0 Å². The Labute approximate surface area is 152 Å². The minimum absolute atomic E-state index is 0.0938. The predicted octanol–water partition coefficient (Wildman–Crippen LogP) is 3.81. The maximum Gasteiger partial charge on any atom is 0.249 e. The van der Waals surface area contributed by atoms with Gasteiger partial charge in [0.15, 0.2) is 5.82 Å². The first-order chi connectivity index (χ1) is 12.7. The molecule has 0 saturated carbocycles. The summed E-state index contributed by atoms with van der Waals surface area (Å²) in [6, 6.07) is 15.7. The van der Waals surface area contributed by atoms with Gasteiger partial charge in [-0.2, -0.15) is 10.1 Å². The lowest BCUT2D eigenvalue weighted by atomic mass is 10.1. The van der Waals surface area contributed by atoms with Gasteiger partial charge in [0.05, 0.1) is 26.1 Å². The molecule has 3 rings (SSSR count). The van der Waals surface area contributed by atoms with E-state index in [0.29, 0.717) is 23.3 Å². The lowest BCUT2D eigenvalue weighted by Gasteiger charge is -2.15. The highest BCUT2D eigenvalue weighted by Gasteiger charge is 2.10. The van der Waals surface area contributed by atoms with Crippen molar-refractivity contribution in [1.82, 2.24) is 15.2 Å². The standard InChI is InChI=1S/C19H21N5O2/c1-13(14-7-5-4-6-8-14)21-18-12-20-24-19(23-18)22-16-10-9-15(25-2)11-17(16)26-3/h4-13H,1-3H3,(H2,21,22,23,24). The van der Waals surface area contributed by atoms with Crippen LogP contribution in [0, 0.1) is 0 Å². The fourth-order valence-electron chi connectivity index (χ4n) is 2.50. The molecule has 1 atom stereocenters. The summed E-state index contributed by atoms with van der Waals surface area (Å²) in [5.41, 5.74) is 1.89. The highest BCUT2D eigenvalue weighted by molar-refractivity contribution is 5.64. The van der Waals surface area contributed by atoms with Crippen LogP contribution in [0.4, 0.5) is 17.5 Å². The van der Waals surface area contributed by atoms with Crippen molar-refractivity contribution in [2.75, 3.05) is 24.9 Å². The number of hydrogen-bond donors (Lipinski definition) is 2. The summed E-state index contributed by atoms with van der Waals surface area (Å²) in [5, 5.41) is 14.5. The van der Waals surface area contributed by atoms with Gasteiger partial charge >= 0.3 is 0 Å². The van der Waals surface area contributed by atoms with Gasteiger partial charge in [-0.1, -0.05) is 30.3 Å². The fraction of sp³-hybridized carbons (Fsp3) is 0.211. The van der Waals surface area contributed by atoms with E-state index in [1.165, 1.54) is 0 Å². The van der Waals surface area contributed by atoms with E-state index < -0.39 is 0 Å². The van der Waals surface area contributed by atoms with Crippen molar-refractivity contribution in [1.29, 1.82) is 0 Å². The van der Waals surface area contributed by atoms with Crippen LogP contribution in [-0.2, 0) is 0 Å². The van der Waals surface area contributed by atoms with Gasteiger partial charge in [-0.05, 0) is 24.6 Å². The highest BCUT2D eigenvalue weighted by atomic mass is 16.5. The summed E-state index contributed by atoms with van der Waals surface area (Å²) in [5.74, 6) is 2.34. The van der Waals surface area contributed by atoms with Gasteiger partial charge in [-0.3, -0.25) is 0 Å². The lowest BCUT2D eigenvalue weighted by molar-refractivity contribution is 0.395. The third-order valence-electron chi connectivity index (χ3n) is 3.88. The molecule has 0 radical (unpaired) electrons. The molecule has 2 N–H and O–H groups in total. The van der Waals surface area contributed by atoms with Crippen LogP contribution in [0.25, 0.3) is 0 Å². The summed E-state index contributed by atoms with van der Waals surface area (Å²) in [6.45, 7) is 2.07. The zero-order valence-corrected chi connectivity index (χ0v) is 14.9. The van der Waals surface area contributed by atoms with E-state index in [4.69, 9.17) is 9.47 Å². The summed E-state index contributed by atoms with van der Waals surface area (Å²) >= 11 is 0. The van der Waals surface area contributed by atoms with E-state index in [1.54, 1.807) is 26.5 Å². The van der Waals surface area contributed by atoms with Crippen LogP contribution in [0.5, 0.6) is 11.5 Å². The largest absolute Gasteiger partial charge is 0.497 e. The van der Waals surface area contributed by atoms with Crippen LogP contribution in [0.15, 0.2) is 54.7 Å². The predicted molar refractivity (Wildman–Crippen MR) is 101 cm³/mol. The van der Waals surface area contributed by atoms with E-state index in [9.17, 15) is 0 Å². The van der Waals surface area contributed by atoms with Crippen molar-refractivity contribution < 1.29 is 9.47 Å². The molecule has 0 aliphatic carbocycles. The Hall–Kier alpha value is -3.35. The summed E-state index contributed by atoms with van der Waals surface area (Å²) in [6.07, 6.45) is 1.59. The van der Waals surface area contributed by atoms with E-state index in [0.717, 1.165) is 11.3 Å². The van der Waals surface area contributed by atoms with E-state index in [1.807, 2.05) is 30.3 Å². The molecular weight excluding hydrogens is 330 g/mol. The molecule has 0 spiro atoms. The number of methoxy groups -OCH3 is 2. The maximum atomic E-state index is 5.38. The molecule has 0 amide bonds. The molecule has 1 aromatic heterocycles. The number of nitrogens with one attached hydrogen (secondary N) is 2. The third-order valence-corrected chi connectivity index (χ3v) is 3.88. The van der Waals surface area contributed by atoms with Crippen LogP contribution in [0.2, 0.25) is 0 Å². The van der Waals surface area contributed by atoms with Crippen LogP contribution in [0.3, 0.4) is 0 Å². The zero-order valence-electron chi connectivity index (χ0n) is 14.9.